The van der Waals surface area contributed by atoms with E-state index in [2.05, 4.69) is 55.3 Å². The van der Waals surface area contributed by atoms with Crippen LogP contribution in [-0.2, 0) is 0 Å². The molecule has 6 heteroatoms. The van der Waals surface area contributed by atoms with Crippen LogP contribution in [0.4, 0.5) is 0 Å². The third-order valence-corrected chi connectivity index (χ3v) is 2.59. The molecule has 0 aromatic heterocycles. The van der Waals surface area contributed by atoms with Gasteiger partial charge < -0.3 is 24.0 Å². The van der Waals surface area contributed by atoms with E-state index in [-0.39, 0.29) is 24.0 Å². The number of hydrogen-bond acceptors (Lipinski definition) is 2. The van der Waals surface area contributed by atoms with Crippen LogP contribution in [0.3, 0.4) is 0 Å². The molecule has 0 radical (unpaired) electrons. The third-order valence-electron chi connectivity index (χ3n) is 1.69. The molecule has 1 heterocycles. The van der Waals surface area contributed by atoms with Gasteiger partial charge in [-0.15, -0.1) is 0 Å². The third kappa shape index (κ3) is 5.42. The van der Waals surface area contributed by atoms with Crippen LogP contribution in [0.5, 0.6) is 0 Å². The Morgan fingerprint density at radius 1 is 1.71 bits per heavy atom. The molecule has 0 spiro atoms. The second-order valence-corrected chi connectivity index (χ2v) is 3.90. The molecule has 2 N–H and O–H groups in total. The van der Waals surface area contributed by atoms with Gasteiger partial charge in [-0.25, -0.2) is 15.3 Å². The Morgan fingerprint density at radius 3 is 3.12 bits per heavy atom. The molecule has 0 atom stereocenters. The SMILES string of the molecule is C=C[NH+]=C(NC=NC)C1=C(I)C=C=NC=C1.[I-]. The molecule has 1 aliphatic heterocycles. The number of amidine groups is 1. The molecule has 17 heavy (non-hydrogen) atoms. The van der Waals surface area contributed by atoms with Gasteiger partial charge in [0.15, 0.2) is 6.34 Å². The topological polar surface area (TPSA) is 50.7 Å². The van der Waals surface area contributed by atoms with Gasteiger partial charge in [-0.2, -0.15) is 0 Å². The van der Waals surface area contributed by atoms with E-state index in [9.17, 15) is 0 Å². The van der Waals surface area contributed by atoms with Gasteiger partial charge in [0, 0.05) is 22.9 Å². The molecule has 0 saturated heterocycles. The van der Waals surface area contributed by atoms with Crippen molar-refractivity contribution in [2.75, 3.05) is 7.05 Å². The Morgan fingerprint density at radius 2 is 2.47 bits per heavy atom. The van der Waals surface area contributed by atoms with Crippen molar-refractivity contribution in [2.24, 2.45) is 9.98 Å². The molecule has 0 unspecified atom stereocenters. The second kappa shape index (κ2) is 9.32. The van der Waals surface area contributed by atoms with E-state index in [4.69, 9.17) is 0 Å². The van der Waals surface area contributed by atoms with Crippen molar-refractivity contribution >= 4 is 40.6 Å². The van der Waals surface area contributed by atoms with E-state index in [0.717, 1.165) is 15.0 Å². The molecule has 0 bridgehead atoms. The summed E-state index contributed by atoms with van der Waals surface area (Å²) >= 11 is 2.22. The van der Waals surface area contributed by atoms with Crippen LogP contribution in [-0.4, -0.2) is 25.1 Å². The maximum Gasteiger partial charge on any atom is 0.286 e. The lowest BCUT2D eigenvalue weighted by molar-refractivity contribution is -0.373. The van der Waals surface area contributed by atoms with Crippen molar-refractivity contribution in [2.45, 2.75) is 0 Å². The Balaban J connectivity index is 0.00000256. The minimum absolute atomic E-state index is 0. The van der Waals surface area contributed by atoms with Crippen LogP contribution >= 0.6 is 22.6 Å². The van der Waals surface area contributed by atoms with Gasteiger partial charge in [-0.3, -0.25) is 4.99 Å². The Labute approximate surface area is 131 Å². The average Bonchev–Trinajstić information content (AvgIpc) is 2.49. The van der Waals surface area contributed by atoms with Crippen molar-refractivity contribution in [1.29, 1.82) is 0 Å². The summed E-state index contributed by atoms with van der Waals surface area (Å²) in [6.07, 6.45) is 8.59. The summed E-state index contributed by atoms with van der Waals surface area (Å²) < 4.78 is 1.02. The summed E-state index contributed by atoms with van der Waals surface area (Å²) in [4.78, 5) is 10.8. The van der Waals surface area contributed by atoms with E-state index in [1.165, 1.54) is 0 Å². The number of nitrogens with one attached hydrogen (secondary N) is 2. The predicted molar refractivity (Wildman–Crippen MR) is 75.9 cm³/mol. The van der Waals surface area contributed by atoms with Crippen LogP contribution in [0, 0.1) is 0 Å². The summed E-state index contributed by atoms with van der Waals surface area (Å²) in [5, 5.41) is 3.04. The molecule has 4 nitrogen and oxygen atoms in total. The van der Waals surface area contributed by atoms with Gasteiger partial charge in [-0.05, 0) is 34.5 Å². The molecule has 0 aromatic rings. The van der Waals surface area contributed by atoms with Gasteiger partial charge in [0.25, 0.3) is 5.84 Å². The predicted octanol–water partition coefficient (Wildman–Crippen LogP) is -2.70. The molecular weight excluding hydrogens is 442 g/mol. The minimum Gasteiger partial charge on any atom is -1.00 e. The number of halogens is 2. The number of rotatable bonds is 3. The highest BCUT2D eigenvalue weighted by Crippen LogP contribution is 2.15. The van der Waals surface area contributed by atoms with Gasteiger partial charge in [0.2, 0.25) is 0 Å². The first-order chi connectivity index (χ1) is 7.79. The molecule has 0 aliphatic carbocycles. The van der Waals surface area contributed by atoms with Crippen molar-refractivity contribution in [3.63, 3.8) is 0 Å². The number of hydrogen-bond donors (Lipinski definition) is 2. The van der Waals surface area contributed by atoms with E-state index in [0.29, 0.717) is 0 Å². The quantitative estimate of drug-likeness (QED) is 0.273. The molecule has 0 amide bonds. The van der Waals surface area contributed by atoms with E-state index >= 15 is 0 Å². The zero-order valence-electron chi connectivity index (χ0n) is 9.24. The molecular formula is C11H12I2N4. The number of nitrogens with zero attached hydrogens (tertiary/aromatic N) is 2. The lowest BCUT2D eigenvalue weighted by Crippen LogP contribution is -3.00. The van der Waals surface area contributed by atoms with Gasteiger partial charge in [0.1, 0.15) is 0 Å². The van der Waals surface area contributed by atoms with Crippen LogP contribution in [0.25, 0.3) is 0 Å². The minimum atomic E-state index is 0. The standard InChI is InChI=1S/C11H11IN4.HI/c1-3-15-11(16-8-13-2)9-4-6-14-7-5-10(9)12;/h3-6,8H,1H2,2H3,(H,13,15,16);1H. The van der Waals surface area contributed by atoms with Crippen molar-refractivity contribution < 1.29 is 29.0 Å². The molecule has 1 aliphatic rings. The zero-order chi connectivity index (χ0) is 11.8. The fourth-order valence-electron chi connectivity index (χ4n) is 1.04. The van der Waals surface area contributed by atoms with Gasteiger partial charge in [-0.1, -0.05) is 6.58 Å². The molecule has 0 aromatic carbocycles. The van der Waals surface area contributed by atoms with Crippen LogP contribution in [0.15, 0.2) is 50.3 Å². The van der Waals surface area contributed by atoms with Crippen molar-refractivity contribution in [3.8, 4) is 0 Å². The molecule has 1 rings (SSSR count). The lowest BCUT2D eigenvalue weighted by atomic mass is 10.2. The first kappa shape index (κ1) is 16.3. The lowest BCUT2D eigenvalue weighted by Gasteiger charge is -2.00. The summed E-state index contributed by atoms with van der Waals surface area (Å²) in [5.41, 5.74) is 0.981. The normalized spacial score (nSPS) is 14.8. The van der Waals surface area contributed by atoms with E-state index in [1.807, 2.05) is 12.2 Å². The summed E-state index contributed by atoms with van der Waals surface area (Å²) in [6.45, 7) is 3.64. The maximum atomic E-state index is 3.93. The van der Waals surface area contributed by atoms with Crippen molar-refractivity contribution in [1.82, 2.24) is 5.32 Å². The summed E-state index contributed by atoms with van der Waals surface area (Å²) in [6, 6.07) is 0. The van der Waals surface area contributed by atoms with E-state index < -0.39 is 0 Å². The Hall–Kier alpha value is -0.730. The monoisotopic (exact) mass is 454 g/mol. The first-order valence-corrected chi connectivity index (χ1v) is 5.64. The Bertz CT molecular complexity index is 452. The largest absolute Gasteiger partial charge is 1.00 e. The van der Waals surface area contributed by atoms with Crippen molar-refractivity contribution in [3.05, 3.63) is 40.3 Å². The maximum absolute atomic E-state index is 3.93. The van der Waals surface area contributed by atoms with Crippen LogP contribution in [0.1, 0.15) is 0 Å². The number of allylic oxidation sites excluding steroid dienone is 2. The summed E-state index contributed by atoms with van der Waals surface area (Å²) in [5.74, 6) is 3.60. The fourth-order valence-corrected chi connectivity index (χ4v) is 1.63. The smallest absolute Gasteiger partial charge is 0.286 e. The van der Waals surface area contributed by atoms with Gasteiger partial charge in [0.05, 0.1) is 11.8 Å². The fraction of sp³-hybridized carbons (Fsp3) is 0.0909. The average molecular weight is 454 g/mol. The highest BCUT2D eigenvalue weighted by Gasteiger charge is 2.13. The van der Waals surface area contributed by atoms with Crippen LogP contribution in [0.2, 0.25) is 0 Å². The highest BCUT2D eigenvalue weighted by atomic mass is 127. The van der Waals surface area contributed by atoms with E-state index in [1.54, 1.807) is 25.8 Å². The van der Waals surface area contributed by atoms with Gasteiger partial charge >= 0.3 is 0 Å². The second-order valence-electron chi connectivity index (χ2n) is 2.73. The molecule has 90 valence electrons. The summed E-state index contributed by atoms with van der Waals surface area (Å²) in [7, 11) is 1.70. The zero-order valence-corrected chi connectivity index (χ0v) is 13.6. The first-order valence-electron chi connectivity index (χ1n) is 4.56. The Kier molecular flexibility index (Phi) is 8.92. The highest BCUT2D eigenvalue weighted by molar-refractivity contribution is 14.1. The number of aliphatic imine (C=N–C) groups is 2. The molecule has 0 fully saturated rings. The molecule has 0 saturated carbocycles. The van der Waals surface area contributed by atoms with Crippen LogP contribution < -0.4 is 34.3 Å².